The molecule has 0 radical (unpaired) electrons. The van der Waals surface area contributed by atoms with Gasteiger partial charge in [0.15, 0.2) is 0 Å². The molecule has 0 atom stereocenters. The molecule has 0 aromatic carbocycles. The van der Waals surface area contributed by atoms with Gasteiger partial charge in [-0.2, -0.15) is 0 Å². The van der Waals surface area contributed by atoms with E-state index in [0.717, 1.165) is 11.3 Å². The van der Waals surface area contributed by atoms with Gasteiger partial charge >= 0.3 is 0 Å². The second-order valence-corrected chi connectivity index (χ2v) is 4.64. The quantitative estimate of drug-likeness (QED) is 0.852. The zero-order valence-electron chi connectivity index (χ0n) is 10.2. The molecule has 1 aromatic rings. The first-order chi connectivity index (χ1) is 7.38. The lowest BCUT2D eigenvalue weighted by Crippen LogP contribution is -2.27. The molecule has 1 heterocycles. The standard InChI is InChI=1S/C12H18N2O2/c1-9-5-6-13-7-10(9)14-11(15)8-16-12(2,3)4/h5-7H,8H2,1-4H3,(H,14,15). The van der Waals surface area contributed by atoms with Crippen molar-refractivity contribution >= 4 is 11.6 Å². The van der Waals surface area contributed by atoms with E-state index >= 15 is 0 Å². The van der Waals surface area contributed by atoms with Crippen LogP contribution >= 0.6 is 0 Å². The average molecular weight is 222 g/mol. The monoisotopic (exact) mass is 222 g/mol. The van der Waals surface area contributed by atoms with Crippen LogP contribution in [0.1, 0.15) is 26.3 Å². The van der Waals surface area contributed by atoms with Gasteiger partial charge in [0, 0.05) is 6.20 Å². The van der Waals surface area contributed by atoms with Gasteiger partial charge in [0.1, 0.15) is 6.61 Å². The van der Waals surface area contributed by atoms with Gasteiger partial charge < -0.3 is 10.1 Å². The van der Waals surface area contributed by atoms with E-state index in [-0.39, 0.29) is 18.1 Å². The summed E-state index contributed by atoms with van der Waals surface area (Å²) in [5, 5.41) is 2.76. The Hall–Kier alpha value is -1.42. The van der Waals surface area contributed by atoms with Gasteiger partial charge in [-0.3, -0.25) is 9.78 Å². The molecule has 0 fully saturated rings. The van der Waals surface area contributed by atoms with Gasteiger partial charge in [0.25, 0.3) is 0 Å². The minimum Gasteiger partial charge on any atom is -0.366 e. The highest BCUT2D eigenvalue weighted by Gasteiger charge is 2.13. The van der Waals surface area contributed by atoms with Crippen molar-refractivity contribution in [2.45, 2.75) is 33.3 Å². The Labute approximate surface area is 96.0 Å². The Kier molecular flexibility index (Phi) is 4.01. The van der Waals surface area contributed by atoms with E-state index < -0.39 is 0 Å². The van der Waals surface area contributed by atoms with Crippen LogP contribution in [0, 0.1) is 6.92 Å². The van der Waals surface area contributed by atoms with Crippen LogP contribution in [-0.2, 0) is 9.53 Å². The molecule has 4 nitrogen and oxygen atoms in total. The highest BCUT2D eigenvalue weighted by molar-refractivity contribution is 5.92. The minimum absolute atomic E-state index is 0.0534. The van der Waals surface area contributed by atoms with Crippen molar-refractivity contribution in [3.63, 3.8) is 0 Å². The molecule has 1 rings (SSSR count). The number of hydrogen-bond donors (Lipinski definition) is 1. The summed E-state index contributed by atoms with van der Waals surface area (Å²) in [6, 6.07) is 1.85. The van der Waals surface area contributed by atoms with Gasteiger partial charge in [-0.25, -0.2) is 0 Å². The number of ether oxygens (including phenoxy) is 1. The van der Waals surface area contributed by atoms with Crippen molar-refractivity contribution in [2.24, 2.45) is 0 Å². The van der Waals surface area contributed by atoms with E-state index in [4.69, 9.17) is 4.74 Å². The number of carbonyl (C=O) groups excluding carboxylic acids is 1. The zero-order chi connectivity index (χ0) is 12.2. The lowest BCUT2D eigenvalue weighted by molar-refractivity contribution is -0.125. The van der Waals surface area contributed by atoms with Gasteiger partial charge in [0.05, 0.1) is 17.5 Å². The van der Waals surface area contributed by atoms with Crippen molar-refractivity contribution in [3.8, 4) is 0 Å². The highest BCUT2D eigenvalue weighted by Crippen LogP contribution is 2.12. The molecule has 4 heteroatoms. The van der Waals surface area contributed by atoms with E-state index in [1.807, 2.05) is 33.8 Å². The van der Waals surface area contributed by atoms with E-state index in [1.165, 1.54) is 0 Å². The third-order valence-electron chi connectivity index (χ3n) is 1.95. The van der Waals surface area contributed by atoms with Gasteiger partial charge in [-0.05, 0) is 39.3 Å². The molecule has 0 unspecified atom stereocenters. The smallest absolute Gasteiger partial charge is 0.250 e. The van der Waals surface area contributed by atoms with Crippen molar-refractivity contribution < 1.29 is 9.53 Å². The van der Waals surface area contributed by atoms with Crippen LogP contribution in [0.3, 0.4) is 0 Å². The lowest BCUT2D eigenvalue weighted by Gasteiger charge is -2.19. The second-order valence-electron chi connectivity index (χ2n) is 4.64. The number of pyridine rings is 1. The van der Waals surface area contributed by atoms with Crippen LogP contribution in [0.2, 0.25) is 0 Å². The summed E-state index contributed by atoms with van der Waals surface area (Å²) in [5.41, 5.74) is 1.41. The van der Waals surface area contributed by atoms with Crippen LogP contribution in [0.15, 0.2) is 18.5 Å². The Bertz CT molecular complexity index is 370. The van der Waals surface area contributed by atoms with Crippen molar-refractivity contribution in [1.29, 1.82) is 0 Å². The molecule has 88 valence electrons. The summed E-state index contributed by atoms with van der Waals surface area (Å²) in [6.07, 6.45) is 3.32. The van der Waals surface area contributed by atoms with E-state index in [1.54, 1.807) is 12.4 Å². The van der Waals surface area contributed by atoms with E-state index in [0.29, 0.717) is 0 Å². The molecule has 1 amide bonds. The first-order valence-corrected chi connectivity index (χ1v) is 5.23. The number of rotatable bonds is 3. The highest BCUT2D eigenvalue weighted by atomic mass is 16.5. The molecule has 1 aromatic heterocycles. The summed E-state index contributed by atoms with van der Waals surface area (Å²) < 4.78 is 5.37. The molecule has 0 aliphatic rings. The van der Waals surface area contributed by atoms with Crippen LogP contribution in [0.4, 0.5) is 5.69 Å². The van der Waals surface area contributed by atoms with Crippen LogP contribution in [0.25, 0.3) is 0 Å². The molecular weight excluding hydrogens is 204 g/mol. The topological polar surface area (TPSA) is 51.2 Å². The van der Waals surface area contributed by atoms with Crippen molar-refractivity contribution in [3.05, 3.63) is 24.0 Å². The molecule has 0 saturated heterocycles. The first kappa shape index (κ1) is 12.6. The predicted molar refractivity (Wildman–Crippen MR) is 63.3 cm³/mol. The molecule has 0 aliphatic heterocycles. The number of anilines is 1. The maximum Gasteiger partial charge on any atom is 0.250 e. The fourth-order valence-corrected chi connectivity index (χ4v) is 1.06. The second kappa shape index (κ2) is 5.07. The molecule has 0 saturated carbocycles. The van der Waals surface area contributed by atoms with Crippen LogP contribution in [-0.4, -0.2) is 23.1 Å². The molecule has 16 heavy (non-hydrogen) atoms. The summed E-state index contributed by atoms with van der Waals surface area (Å²) in [6.45, 7) is 7.71. The van der Waals surface area contributed by atoms with E-state index in [2.05, 4.69) is 10.3 Å². The summed E-state index contributed by atoms with van der Waals surface area (Å²) in [5.74, 6) is -0.161. The normalized spacial score (nSPS) is 11.2. The third-order valence-corrected chi connectivity index (χ3v) is 1.95. The SMILES string of the molecule is Cc1ccncc1NC(=O)COC(C)(C)C. The lowest BCUT2D eigenvalue weighted by atomic mass is 10.2. The van der Waals surface area contributed by atoms with Gasteiger partial charge in [0.2, 0.25) is 5.91 Å². The van der Waals surface area contributed by atoms with E-state index in [9.17, 15) is 4.79 Å². The predicted octanol–water partition coefficient (Wildman–Crippen LogP) is 2.14. The number of hydrogen-bond acceptors (Lipinski definition) is 3. The minimum atomic E-state index is -0.304. The number of carbonyl (C=O) groups is 1. The maximum atomic E-state index is 11.5. The summed E-state index contributed by atoms with van der Waals surface area (Å²) >= 11 is 0. The molecular formula is C12H18N2O2. The molecule has 1 N–H and O–H groups in total. The summed E-state index contributed by atoms with van der Waals surface area (Å²) in [4.78, 5) is 15.5. The molecule has 0 bridgehead atoms. The average Bonchev–Trinajstić information content (AvgIpc) is 2.18. The zero-order valence-corrected chi connectivity index (χ0v) is 10.2. The third kappa shape index (κ3) is 4.40. The Morgan fingerprint density at radius 3 is 2.75 bits per heavy atom. The number of nitrogens with one attached hydrogen (secondary N) is 1. The fourth-order valence-electron chi connectivity index (χ4n) is 1.06. The Morgan fingerprint density at radius 1 is 1.50 bits per heavy atom. The number of nitrogens with zero attached hydrogens (tertiary/aromatic N) is 1. The van der Waals surface area contributed by atoms with Gasteiger partial charge in [-0.1, -0.05) is 0 Å². The number of aryl methyl sites for hydroxylation is 1. The fraction of sp³-hybridized carbons (Fsp3) is 0.500. The Morgan fingerprint density at radius 2 is 2.19 bits per heavy atom. The van der Waals surface area contributed by atoms with Crippen molar-refractivity contribution in [2.75, 3.05) is 11.9 Å². The maximum absolute atomic E-state index is 11.5. The Balaban J connectivity index is 2.50. The molecule has 0 aliphatic carbocycles. The van der Waals surface area contributed by atoms with Crippen LogP contribution in [0.5, 0.6) is 0 Å². The number of aromatic nitrogens is 1. The van der Waals surface area contributed by atoms with Gasteiger partial charge in [-0.15, -0.1) is 0 Å². The first-order valence-electron chi connectivity index (χ1n) is 5.23. The largest absolute Gasteiger partial charge is 0.366 e. The van der Waals surface area contributed by atoms with Crippen LogP contribution < -0.4 is 5.32 Å². The van der Waals surface area contributed by atoms with Crippen molar-refractivity contribution in [1.82, 2.24) is 4.98 Å². The summed E-state index contributed by atoms with van der Waals surface area (Å²) in [7, 11) is 0. The number of amides is 1. The molecule has 0 spiro atoms.